The third-order valence-electron chi connectivity index (χ3n) is 2.75. The Labute approximate surface area is 110 Å². The van der Waals surface area contributed by atoms with Crippen LogP contribution in [0.15, 0.2) is 48.5 Å². The lowest BCUT2D eigenvalue weighted by atomic mass is 10.1. The molecule has 99 valence electrons. The van der Waals surface area contributed by atoms with Crippen LogP contribution < -0.4 is 5.32 Å². The quantitative estimate of drug-likeness (QED) is 0.860. The lowest BCUT2D eigenvalue weighted by Crippen LogP contribution is -2.07. The Morgan fingerprint density at radius 3 is 2.42 bits per heavy atom. The summed E-state index contributed by atoms with van der Waals surface area (Å²) in [6.45, 7) is 4.18. The molecule has 19 heavy (non-hydrogen) atoms. The van der Waals surface area contributed by atoms with E-state index < -0.39 is 11.7 Å². The molecule has 1 radical (unpaired) electrons. The van der Waals surface area contributed by atoms with Crippen molar-refractivity contribution < 1.29 is 13.2 Å². The lowest BCUT2D eigenvalue weighted by Gasteiger charge is -2.11. The molecule has 0 saturated carbocycles. The van der Waals surface area contributed by atoms with Crippen molar-refractivity contribution in [2.75, 3.05) is 5.32 Å². The van der Waals surface area contributed by atoms with Gasteiger partial charge in [0.05, 0.1) is 5.56 Å². The molecule has 2 aromatic rings. The van der Waals surface area contributed by atoms with Crippen LogP contribution in [0.3, 0.4) is 0 Å². The number of rotatable bonds is 3. The van der Waals surface area contributed by atoms with E-state index in [1.165, 1.54) is 6.07 Å². The highest BCUT2D eigenvalue weighted by atomic mass is 19.4. The Bertz CT molecular complexity index is 561. The SMILES string of the molecule is [CH2]c1ccccc1NCc1cccc(C(F)(F)F)c1. The summed E-state index contributed by atoms with van der Waals surface area (Å²) >= 11 is 0. The van der Waals surface area contributed by atoms with Crippen LogP contribution in [0.4, 0.5) is 18.9 Å². The minimum atomic E-state index is -4.31. The molecular weight excluding hydrogens is 251 g/mol. The summed E-state index contributed by atoms with van der Waals surface area (Å²) in [5.74, 6) is 0. The standard InChI is InChI=1S/C15H13F3N/c1-11-5-2-3-8-14(11)19-10-12-6-4-7-13(9-12)15(16,17)18/h2-9,19H,1,10H2. The van der Waals surface area contributed by atoms with Gasteiger partial charge < -0.3 is 5.32 Å². The van der Waals surface area contributed by atoms with Crippen molar-refractivity contribution >= 4 is 5.69 Å². The fraction of sp³-hybridized carbons (Fsp3) is 0.133. The fourth-order valence-electron chi connectivity index (χ4n) is 1.75. The Hall–Kier alpha value is -1.97. The predicted octanol–water partition coefficient (Wildman–Crippen LogP) is 4.50. The van der Waals surface area contributed by atoms with Crippen LogP contribution in [-0.2, 0) is 12.7 Å². The van der Waals surface area contributed by atoms with Gasteiger partial charge in [0.15, 0.2) is 0 Å². The van der Waals surface area contributed by atoms with E-state index in [4.69, 9.17) is 0 Å². The molecule has 0 saturated heterocycles. The molecule has 0 heterocycles. The van der Waals surface area contributed by atoms with Crippen molar-refractivity contribution in [3.8, 4) is 0 Å². The van der Waals surface area contributed by atoms with Gasteiger partial charge in [-0.2, -0.15) is 13.2 Å². The number of hydrogen-bond donors (Lipinski definition) is 1. The molecule has 0 aliphatic heterocycles. The van der Waals surface area contributed by atoms with Gasteiger partial charge in [0.2, 0.25) is 0 Å². The molecule has 0 aromatic heterocycles. The molecule has 0 bridgehead atoms. The van der Waals surface area contributed by atoms with E-state index in [-0.39, 0.29) is 0 Å². The van der Waals surface area contributed by atoms with Crippen molar-refractivity contribution in [2.45, 2.75) is 12.7 Å². The third-order valence-corrected chi connectivity index (χ3v) is 2.75. The minimum Gasteiger partial charge on any atom is -0.381 e. The van der Waals surface area contributed by atoms with E-state index >= 15 is 0 Å². The van der Waals surface area contributed by atoms with Gasteiger partial charge in [-0.25, -0.2) is 0 Å². The second-order valence-electron chi connectivity index (χ2n) is 4.21. The molecule has 4 heteroatoms. The number of halogens is 3. The van der Waals surface area contributed by atoms with Crippen molar-refractivity contribution in [1.29, 1.82) is 0 Å². The summed E-state index contributed by atoms with van der Waals surface area (Å²) in [7, 11) is 0. The second kappa shape index (κ2) is 5.34. The average molecular weight is 264 g/mol. The van der Waals surface area contributed by atoms with E-state index in [0.29, 0.717) is 12.1 Å². The van der Waals surface area contributed by atoms with E-state index in [1.807, 2.05) is 24.3 Å². The molecule has 0 aliphatic rings. The van der Waals surface area contributed by atoms with Gasteiger partial charge in [-0.15, -0.1) is 0 Å². The van der Waals surface area contributed by atoms with Crippen LogP contribution in [0.1, 0.15) is 16.7 Å². The maximum Gasteiger partial charge on any atom is 0.416 e. The maximum atomic E-state index is 12.6. The van der Waals surface area contributed by atoms with Gasteiger partial charge in [-0.05, 0) is 36.2 Å². The highest BCUT2D eigenvalue weighted by Crippen LogP contribution is 2.29. The molecular formula is C15H13F3N. The fourth-order valence-corrected chi connectivity index (χ4v) is 1.75. The minimum absolute atomic E-state index is 0.330. The summed E-state index contributed by atoms with van der Waals surface area (Å²) < 4.78 is 37.7. The van der Waals surface area contributed by atoms with Crippen LogP contribution in [-0.4, -0.2) is 0 Å². The van der Waals surface area contributed by atoms with Crippen molar-refractivity contribution in [3.63, 3.8) is 0 Å². The number of hydrogen-bond acceptors (Lipinski definition) is 1. The Morgan fingerprint density at radius 1 is 1.00 bits per heavy atom. The molecule has 0 atom stereocenters. The molecule has 0 spiro atoms. The predicted molar refractivity (Wildman–Crippen MR) is 69.7 cm³/mol. The second-order valence-corrected chi connectivity index (χ2v) is 4.21. The first-order valence-corrected chi connectivity index (χ1v) is 5.78. The van der Waals surface area contributed by atoms with Gasteiger partial charge in [0.1, 0.15) is 0 Å². The first kappa shape index (κ1) is 13.5. The van der Waals surface area contributed by atoms with Crippen molar-refractivity contribution in [2.24, 2.45) is 0 Å². The zero-order valence-corrected chi connectivity index (χ0v) is 10.2. The Morgan fingerprint density at radius 2 is 1.74 bits per heavy atom. The van der Waals surface area contributed by atoms with Gasteiger partial charge in [0.25, 0.3) is 0 Å². The summed E-state index contributed by atoms with van der Waals surface area (Å²) in [6, 6.07) is 12.7. The van der Waals surface area contributed by atoms with Crippen LogP contribution in [0.2, 0.25) is 0 Å². The zero-order valence-electron chi connectivity index (χ0n) is 10.2. The van der Waals surface area contributed by atoms with Crippen LogP contribution in [0.5, 0.6) is 0 Å². The number of benzene rings is 2. The van der Waals surface area contributed by atoms with E-state index in [1.54, 1.807) is 6.07 Å². The average Bonchev–Trinajstić information content (AvgIpc) is 2.37. The van der Waals surface area contributed by atoms with E-state index in [9.17, 15) is 13.2 Å². The number of para-hydroxylation sites is 1. The largest absolute Gasteiger partial charge is 0.416 e. The van der Waals surface area contributed by atoms with Crippen LogP contribution in [0.25, 0.3) is 0 Å². The smallest absolute Gasteiger partial charge is 0.381 e. The topological polar surface area (TPSA) is 12.0 Å². The lowest BCUT2D eigenvalue weighted by molar-refractivity contribution is -0.137. The third kappa shape index (κ3) is 3.50. The molecule has 0 unspecified atom stereocenters. The maximum absolute atomic E-state index is 12.6. The summed E-state index contributed by atoms with van der Waals surface area (Å²) in [5, 5.41) is 3.08. The molecule has 2 rings (SSSR count). The van der Waals surface area contributed by atoms with Crippen molar-refractivity contribution in [1.82, 2.24) is 0 Å². The molecule has 1 N–H and O–H groups in total. The monoisotopic (exact) mass is 264 g/mol. The summed E-state index contributed by atoms with van der Waals surface area (Å²) in [4.78, 5) is 0. The van der Waals surface area contributed by atoms with Crippen molar-refractivity contribution in [3.05, 3.63) is 72.1 Å². The first-order valence-electron chi connectivity index (χ1n) is 5.78. The van der Waals surface area contributed by atoms with Gasteiger partial charge in [0, 0.05) is 12.2 Å². The molecule has 0 fully saturated rings. The van der Waals surface area contributed by atoms with Crippen LogP contribution >= 0.6 is 0 Å². The molecule has 1 nitrogen and oxygen atoms in total. The highest BCUT2D eigenvalue weighted by Gasteiger charge is 2.30. The number of nitrogens with one attached hydrogen (secondary N) is 1. The van der Waals surface area contributed by atoms with Crippen LogP contribution in [0, 0.1) is 6.92 Å². The molecule has 0 aliphatic carbocycles. The zero-order chi connectivity index (χ0) is 13.9. The Kier molecular flexibility index (Phi) is 3.79. The number of alkyl halides is 3. The van der Waals surface area contributed by atoms with Gasteiger partial charge in [-0.3, -0.25) is 0 Å². The summed E-state index contributed by atoms with van der Waals surface area (Å²) in [5.41, 5.74) is 1.59. The first-order chi connectivity index (χ1) is 8.97. The molecule has 2 aromatic carbocycles. The molecule has 0 amide bonds. The Balaban J connectivity index is 2.10. The summed E-state index contributed by atoms with van der Waals surface area (Å²) in [6.07, 6.45) is -4.31. The number of anilines is 1. The van der Waals surface area contributed by atoms with Gasteiger partial charge >= 0.3 is 6.18 Å². The highest BCUT2D eigenvalue weighted by molar-refractivity contribution is 5.52. The normalized spacial score (nSPS) is 11.4. The van der Waals surface area contributed by atoms with Gasteiger partial charge in [-0.1, -0.05) is 30.3 Å². The van der Waals surface area contributed by atoms with E-state index in [0.717, 1.165) is 23.4 Å². The van der Waals surface area contributed by atoms with E-state index in [2.05, 4.69) is 12.2 Å².